The van der Waals surface area contributed by atoms with Crippen molar-refractivity contribution in [2.24, 2.45) is 0 Å². The molecule has 3 aromatic rings. The van der Waals surface area contributed by atoms with Gasteiger partial charge in [0.25, 0.3) is 10.0 Å². The number of carbonyl (C=O) groups is 1. The van der Waals surface area contributed by atoms with Crippen molar-refractivity contribution in [1.82, 2.24) is 9.10 Å². The van der Waals surface area contributed by atoms with Crippen LogP contribution in [-0.2, 0) is 10.0 Å². The number of nitrogens with zero attached hydrogens (tertiary/aromatic N) is 1. The summed E-state index contributed by atoms with van der Waals surface area (Å²) in [5.74, 6) is 0.785. The molecule has 0 atom stereocenters. The molecule has 0 spiro atoms. The van der Waals surface area contributed by atoms with Crippen LogP contribution in [0.25, 0.3) is 10.1 Å². The van der Waals surface area contributed by atoms with E-state index in [1.807, 2.05) is 24.3 Å². The summed E-state index contributed by atoms with van der Waals surface area (Å²) in [7, 11) is -3.74. The summed E-state index contributed by atoms with van der Waals surface area (Å²) < 4.78 is 36.8. The zero-order valence-corrected chi connectivity index (χ0v) is 14.2. The number of furan rings is 1. The zero-order chi connectivity index (χ0) is 17.0. The van der Waals surface area contributed by atoms with E-state index in [1.54, 1.807) is 0 Å². The first-order valence-electron chi connectivity index (χ1n) is 7.23. The highest BCUT2D eigenvalue weighted by Gasteiger charge is 2.17. The molecule has 0 amide bonds. The molecule has 0 saturated carbocycles. The molecule has 1 aromatic carbocycles. The van der Waals surface area contributed by atoms with Crippen LogP contribution in [0.1, 0.15) is 17.0 Å². The van der Waals surface area contributed by atoms with E-state index in [4.69, 9.17) is 4.42 Å². The molecular formula is C15H15N3O4S2. The second kappa shape index (κ2) is 7.12. The van der Waals surface area contributed by atoms with E-state index in [2.05, 4.69) is 14.4 Å². The van der Waals surface area contributed by atoms with Crippen LogP contribution in [0.15, 0.2) is 45.9 Å². The van der Waals surface area contributed by atoms with Crippen molar-refractivity contribution >= 4 is 43.7 Å². The van der Waals surface area contributed by atoms with Crippen LogP contribution in [0, 0.1) is 0 Å². The first-order chi connectivity index (χ1) is 11.6. The van der Waals surface area contributed by atoms with Gasteiger partial charge in [0.2, 0.25) is 5.09 Å². The highest BCUT2D eigenvalue weighted by molar-refractivity contribution is 7.89. The summed E-state index contributed by atoms with van der Waals surface area (Å²) in [6.07, 6.45) is 1.04. The standard InChI is InChI=1S/C15H15N3O4S2/c19-10-11-6-7-14(22-11)24(20,21)17-9-3-8-16-15-12-4-1-2-5-13(12)23-18-15/h1-2,4-7,10,17H,3,8-9H2,(H,16,18). The Morgan fingerprint density at radius 2 is 2.00 bits per heavy atom. The minimum atomic E-state index is -3.74. The van der Waals surface area contributed by atoms with E-state index < -0.39 is 10.0 Å². The van der Waals surface area contributed by atoms with E-state index in [1.165, 1.54) is 23.7 Å². The molecule has 0 aliphatic rings. The molecule has 2 aromatic heterocycles. The van der Waals surface area contributed by atoms with E-state index in [0.717, 1.165) is 15.9 Å². The predicted molar refractivity (Wildman–Crippen MR) is 92.0 cm³/mol. The van der Waals surface area contributed by atoms with Crippen molar-refractivity contribution in [3.63, 3.8) is 0 Å². The predicted octanol–water partition coefficient (Wildman–Crippen LogP) is 2.48. The number of aldehydes is 1. The molecule has 2 N–H and O–H groups in total. The molecule has 0 radical (unpaired) electrons. The van der Waals surface area contributed by atoms with Gasteiger partial charge in [-0.15, -0.1) is 0 Å². The summed E-state index contributed by atoms with van der Waals surface area (Å²) in [6, 6.07) is 10.5. The van der Waals surface area contributed by atoms with Crippen molar-refractivity contribution in [2.45, 2.75) is 11.5 Å². The number of nitrogens with one attached hydrogen (secondary N) is 2. The van der Waals surface area contributed by atoms with Crippen molar-refractivity contribution in [2.75, 3.05) is 18.4 Å². The van der Waals surface area contributed by atoms with Gasteiger partial charge in [0, 0.05) is 18.5 Å². The van der Waals surface area contributed by atoms with Gasteiger partial charge in [-0.3, -0.25) is 4.79 Å². The normalized spacial score (nSPS) is 11.7. The lowest BCUT2D eigenvalue weighted by Crippen LogP contribution is -2.25. The fraction of sp³-hybridized carbons (Fsp3) is 0.200. The van der Waals surface area contributed by atoms with Crippen LogP contribution in [0.4, 0.5) is 5.82 Å². The van der Waals surface area contributed by atoms with Gasteiger partial charge < -0.3 is 9.73 Å². The van der Waals surface area contributed by atoms with Gasteiger partial charge >= 0.3 is 0 Å². The number of hydrogen-bond acceptors (Lipinski definition) is 7. The Labute approximate surface area is 142 Å². The molecule has 0 aliphatic carbocycles. The van der Waals surface area contributed by atoms with Gasteiger partial charge in [-0.2, -0.15) is 4.37 Å². The fourth-order valence-corrected chi connectivity index (χ4v) is 3.89. The molecule has 0 saturated heterocycles. The number of anilines is 1. The van der Waals surface area contributed by atoms with Gasteiger partial charge in [0.05, 0.1) is 4.70 Å². The molecule has 24 heavy (non-hydrogen) atoms. The molecular weight excluding hydrogens is 350 g/mol. The molecule has 7 nitrogen and oxygen atoms in total. The molecule has 0 fully saturated rings. The third-order valence-electron chi connectivity index (χ3n) is 3.30. The largest absolute Gasteiger partial charge is 0.440 e. The van der Waals surface area contributed by atoms with Gasteiger partial charge in [-0.05, 0) is 42.2 Å². The second-order valence-electron chi connectivity index (χ2n) is 4.98. The number of carbonyl (C=O) groups excluding carboxylic acids is 1. The van der Waals surface area contributed by atoms with Gasteiger partial charge in [0.15, 0.2) is 12.0 Å². The minimum Gasteiger partial charge on any atom is -0.440 e. The van der Waals surface area contributed by atoms with Gasteiger partial charge in [-0.25, -0.2) is 13.1 Å². The summed E-state index contributed by atoms with van der Waals surface area (Å²) in [4.78, 5) is 10.5. The molecule has 0 bridgehead atoms. The lowest BCUT2D eigenvalue weighted by Gasteiger charge is -2.05. The molecule has 2 heterocycles. The highest BCUT2D eigenvalue weighted by Crippen LogP contribution is 2.25. The van der Waals surface area contributed by atoms with Crippen LogP contribution < -0.4 is 10.0 Å². The maximum absolute atomic E-state index is 12.0. The van der Waals surface area contributed by atoms with Crippen LogP contribution in [0.5, 0.6) is 0 Å². The minimum absolute atomic E-state index is 0.0209. The number of hydrogen-bond donors (Lipinski definition) is 2. The lowest BCUT2D eigenvalue weighted by atomic mass is 10.2. The maximum atomic E-state index is 12.0. The molecule has 3 rings (SSSR count). The van der Waals surface area contributed by atoms with E-state index in [0.29, 0.717) is 19.3 Å². The number of fused-ring (bicyclic) bond motifs is 1. The number of aromatic nitrogens is 1. The van der Waals surface area contributed by atoms with Crippen LogP contribution >= 0.6 is 11.5 Å². The highest BCUT2D eigenvalue weighted by atomic mass is 32.2. The number of benzene rings is 1. The topological polar surface area (TPSA) is 101 Å². The molecule has 0 unspecified atom stereocenters. The molecule has 126 valence electrons. The van der Waals surface area contributed by atoms with E-state index >= 15 is 0 Å². The quantitative estimate of drug-likeness (QED) is 0.470. The van der Waals surface area contributed by atoms with Gasteiger partial charge in [0.1, 0.15) is 5.82 Å². The third-order valence-corrected chi connectivity index (χ3v) is 5.46. The SMILES string of the molecule is O=Cc1ccc(S(=O)(=O)NCCCNc2nsc3ccccc23)o1. The van der Waals surface area contributed by atoms with Crippen molar-refractivity contribution < 1.29 is 17.6 Å². The van der Waals surface area contributed by atoms with Crippen LogP contribution in [0.3, 0.4) is 0 Å². The second-order valence-corrected chi connectivity index (χ2v) is 7.48. The van der Waals surface area contributed by atoms with Crippen molar-refractivity contribution in [1.29, 1.82) is 0 Å². The third kappa shape index (κ3) is 3.64. The van der Waals surface area contributed by atoms with E-state index in [-0.39, 0.29) is 17.4 Å². The number of sulfonamides is 1. The first-order valence-corrected chi connectivity index (χ1v) is 9.49. The Morgan fingerprint density at radius 3 is 2.79 bits per heavy atom. The lowest BCUT2D eigenvalue weighted by molar-refractivity contribution is 0.109. The Balaban J connectivity index is 1.49. The smallest absolute Gasteiger partial charge is 0.273 e. The summed E-state index contributed by atoms with van der Waals surface area (Å²) >= 11 is 1.42. The summed E-state index contributed by atoms with van der Waals surface area (Å²) in [5.41, 5.74) is 0. The van der Waals surface area contributed by atoms with Crippen molar-refractivity contribution in [3.8, 4) is 0 Å². The molecule has 0 aliphatic heterocycles. The average molecular weight is 365 g/mol. The first kappa shape index (κ1) is 16.6. The fourth-order valence-electron chi connectivity index (χ4n) is 2.13. The summed E-state index contributed by atoms with van der Waals surface area (Å²) in [6.45, 7) is 0.822. The Kier molecular flexibility index (Phi) is 4.93. The zero-order valence-electron chi connectivity index (χ0n) is 12.6. The number of rotatable bonds is 8. The average Bonchev–Trinajstić information content (AvgIpc) is 3.22. The van der Waals surface area contributed by atoms with E-state index in [9.17, 15) is 13.2 Å². The monoisotopic (exact) mass is 365 g/mol. The maximum Gasteiger partial charge on any atom is 0.273 e. The Morgan fingerprint density at radius 1 is 1.17 bits per heavy atom. The Hall–Kier alpha value is -2.23. The summed E-state index contributed by atoms with van der Waals surface area (Å²) in [5, 5.41) is 4.00. The Bertz CT molecular complexity index is 946. The molecule has 9 heteroatoms. The van der Waals surface area contributed by atoms with Crippen molar-refractivity contribution in [3.05, 3.63) is 42.2 Å². The van der Waals surface area contributed by atoms with Gasteiger partial charge in [-0.1, -0.05) is 12.1 Å². The van der Waals surface area contributed by atoms with Crippen LogP contribution in [-0.4, -0.2) is 32.2 Å². The van der Waals surface area contributed by atoms with Crippen LogP contribution in [0.2, 0.25) is 0 Å².